The highest BCUT2D eigenvalue weighted by molar-refractivity contribution is 7.98. The van der Waals surface area contributed by atoms with Crippen molar-refractivity contribution in [2.75, 3.05) is 22.9 Å². The van der Waals surface area contributed by atoms with Crippen LogP contribution in [0.1, 0.15) is 23.6 Å². The van der Waals surface area contributed by atoms with Crippen LogP contribution in [0.5, 0.6) is 0 Å². The lowest BCUT2D eigenvalue weighted by atomic mass is 10.1. The second-order valence-corrected chi connectivity index (χ2v) is 9.90. The second kappa shape index (κ2) is 10.1. The lowest BCUT2D eigenvalue weighted by molar-refractivity contribution is -0.121. The van der Waals surface area contributed by atoms with E-state index in [1.807, 2.05) is 19.9 Å². The predicted molar refractivity (Wildman–Crippen MR) is 118 cm³/mol. The van der Waals surface area contributed by atoms with Crippen molar-refractivity contribution in [2.24, 2.45) is 0 Å². The molecule has 0 radical (unpaired) electrons. The van der Waals surface area contributed by atoms with Gasteiger partial charge in [-0.25, -0.2) is 12.8 Å². The fourth-order valence-corrected chi connectivity index (χ4v) is 4.87. The highest BCUT2D eigenvalue weighted by Gasteiger charge is 2.29. The molecule has 0 aliphatic rings. The highest BCUT2D eigenvalue weighted by atomic mass is 32.2. The van der Waals surface area contributed by atoms with Crippen LogP contribution >= 0.6 is 11.8 Å². The minimum atomic E-state index is -3.64. The lowest BCUT2D eigenvalue weighted by Crippen LogP contribution is -2.48. The molecule has 0 aromatic heterocycles. The second-order valence-electron chi connectivity index (χ2n) is 6.94. The minimum absolute atomic E-state index is 0.241. The molecule has 0 aliphatic carbocycles. The first-order valence-electron chi connectivity index (χ1n) is 9.26. The summed E-state index contributed by atoms with van der Waals surface area (Å²) in [5.41, 5.74) is 3.09. The molecular formula is C21H27FN2O3S2. The summed E-state index contributed by atoms with van der Waals surface area (Å²) in [5, 5.41) is 2.77. The molecule has 8 heteroatoms. The SMILES string of the molecule is Cc1ccc(N([C@@H](C)C(=O)NCCSCc2ccccc2F)S(C)(=O)=O)cc1C. The van der Waals surface area contributed by atoms with E-state index in [0.717, 1.165) is 21.7 Å². The molecule has 1 atom stereocenters. The Bertz CT molecular complexity index is 964. The van der Waals surface area contributed by atoms with Crippen LogP contribution in [0, 0.1) is 19.7 Å². The molecule has 0 saturated heterocycles. The zero-order chi connectivity index (χ0) is 21.6. The van der Waals surface area contributed by atoms with Crippen LogP contribution in [0.3, 0.4) is 0 Å². The summed E-state index contributed by atoms with van der Waals surface area (Å²) in [5.74, 6) is 0.487. The van der Waals surface area contributed by atoms with Gasteiger partial charge in [-0.1, -0.05) is 24.3 Å². The lowest BCUT2D eigenvalue weighted by Gasteiger charge is -2.28. The maximum absolute atomic E-state index is 13.6. The van der Waals surface area contributed by atoms with Gasteiger partial charge in [-0.3, -0.25) is 9.10 Å². The number of hydrogen-bond acceptors (Lipinski definition) is 4. The van der Waals surface area contributed by atoms with Gasteiger partial charge >= 0.3 is 0 Å². The Hall–Kier alpha value is -2.06. The summed E-state index contributed by atoms with van der Waals surface area (Å²) in [4.78, 5) is 12.6. The van der Waals surface area contributed by atoms with E-state index >= 15 is 0 Å². The summed E-state index contributed by atoms with van der Waals surface area (Å²) in [6.07, 6.45) is 1.09. The van der Waals surface area contributed by atoms with Crippen LogP contribution in [0.15, 0.2) is 42.5 Å². The largest absolute Gasteiger partial charge is 0.353 e. The van der Waals surface area contributed by atoms with Crippen LogP contribution in [-0.2, 0) is 20.6 Å². The topological polar surface area (TPSA) is 66.5 Å². The van der Waals surface area contributed by atoms with Gasteiger partial charge in [0.25, 0.3) is 0 Å². The van der Waals surface area contributed by atoms with Gasteiger partial charge < -0.3 is 5.32 Å². The number of nitrogens with one attached hydrogen (secondary N) is 1. The number of nitrogens with zero attached hydrogens (tertiary/aromatic N) is 1. The first-order chi connectivity index (χ1) is 13.6. The van der Waals surface area contributed by atoms with E-state index in [9.17, 15) is 17.6 Å². The van der Waals surface area contributed by atoms with Gasteiger partial charge in [-0.2, -0.15) is 11.8 Å². The van der Waals surface area contributed by atoms with Crippen molar-refractivity contribution in [3.63, 3.8) is 0 Å². The van der Waals surface area contributed by atoms with E-state index in [2.05, 4.69) is 5.32 Å². The molecule has 2 rings (SSSR count). The molecule has 0 heterocycles. The van der Waals surface area contributed by atoms with Gasteiger partial charge in [0.15, 0.2) is 0 Å². The molecule has 5 nitrogen and oxygen atoms in total. The van der Waals surface area contributed by atoms with Crippen LogP contribution in [-0.4, -0.2) is 38.9 Å². The van der Waals surface area contributed by atoms with Crippen LogP contribution in [0.25, 0.3) is 0 Å². The number of rotatable bonds is 9. The van der Waals surface area contributed by atoms with E-state index in [1.165, 1.54) is 17.8 Å². The number of carbonyl (C=O) groups is 1. The number of benzene rings is 2. The molecule has 0 fully saturated rings. The van der Waals surface area contributed by atoms with Crippen molar-refractivity contribution in [1.29, 1.82) is 0 Å². The Labute approximate surface area is 176 Å². The number of carbonyl (C=O) groups excluding carboxylic acids is 1. The quantitative estimate of drug-likeness (QED) is 0.607. The zero-order valence-corrected chi connectivity index (χ0v) is 18.7. The average molecular weight is 439 g/mol. The van der Waals surface area contributed by atoms with Gasteiger partial charge in [-0.15, -0.1) is 0 Å². The first kappa shape index (κ1) is 23.2. The zero-order valence-electron chi connectivity index (χ0n) is 17.1. The molecular weight excluding hydrogens is 411 g/mol. The van der Waals surface area contributed by atoms with Crippen molar-refractivity contribution in [2.45, 2.75) is 32.6 Å². The summed E-state index contributed by atoms with van der Waals surface area (Å²) in [6.45, 7) is 5.78. The molecule has 2 aromatic carbocycles. The van der Waals surface area contributed by atoms with Crippen LogP contribution in [0.4, 0.5) is 10.1 Å². The van der Waals surface area contributed by atoms with Crippen LogP contribution < -0.4 is 9.62 Å². The van der Waals surface area contributed by atoms with E-state index in [4.69, 9.17) is 0 Å². The smallest absolute Gasteiger partial charge is 0.243 e. The number of sulfonamides is 1. The monoisotopic (exact) mass is 438 g/mol. The summed E-state index contributed by atoms with van der Waals surface area (Å²) in [6, 6.07) is 11.0. The average Bonchev–Trinajstić information content (AvgIpc) is 2.64. The molecule has 0 unspecified atom stereocenters. The van der Waals surface area contributed by atoms with E-state index in [1.54, 1.807) is 37.3 Å². The number of halogens is 1. The van der Waals surface area contributed by atoms with Crippen molar-refractivity contribution in [1.82, 2.24) is 5.32 Å². The van der Waals surface area contributed by atoms with E-state index in [0.29, 0.717) is 29.3 Å². The Morgan fingerprint density at radius 2 is 1.86 bits per heavy atom. The highest BCUT2D eigenvalue weighted by Crippen LogP contribution is 2.23. The number of aryl methyl sites for hydroxylation is 2. The third kappa shape index (κ3) is 6.47. The molecule has 1 amide bonds. The van der Waals surface area contributed by atoms with Crippen molar-refractivity contribution >= 4 is 33.4 Å². The molecule has 29 heavy (non-hydrogen) atoms. The first-order valence-corrected chi connectivity index (χ1v) is 12.3. The number of thioether (sulfide) groups is 1. The molecule has 1 N–H and O–H groups in total. The summed E-state index contributed by atoms with van der Waals surface area (Å²) >= 11 is 1.50. The van der Waals surface area contributed by atoms with Gasteiger partial charge in [0.05, 0.1) is 11.9 Å². The van der Waals surface area contributed by atoms with E-state index in [-0.39, 0.29) is 11.7 Å². The standard InChI is InChI=1S/C21H27FN2O3S2/c1-15-9-10-19(13-16(15)2)24(29(4,26)27)17(3)21(25)23-11-12-28-14-18-7-5-6-8-20(18)22/h5-10,13,17H,11-12,14H2,1-4H3,(H,23,25)/t17-/m0/s1. The molecule has 158 valence electrons. The normalized spacial score (nSPS) is 12.4. The number of hydrogen-bond donors (Lipinski definition) is 1. The number of amides is 1. The molecule has 0 spiro atoms. The predicted octanol–water partition coefficient (Wildman–Crippen LogP) is 3.65. The van der Waals surface area contributed by atoms with E-state index < -0.39 is 16.1 Å². The number of anilines is 1. The van der Waals surface area contributed by atoms with Crippen LogP contribution in [0.2, 0.25) is 0 Å². The van der Waals surface area contributed by atoms with Crippen molar-refractivity contribution in [3.05, 3.63) is 65.0 Å². The fraction of sp³-hybridized carbons (Fsp3) is 0.381. The minimum Gasteiger partial charge on any atom is -0.353 e. The molecule has 2 aromatic rings. The molecule has 0 aliphatic heterocycles. The molecule has 0 saturated carbocycles. The van der Waals surface area contributed by atoms with Crippen molar-refractivity contribution in [3.8, 4) is 0 Å². The van der Waals surface area contributed by atoms with Gasteiger partial charge in [0.2, 0.25) is 15.9 Å². The third-order valence-corrected chi connectivity index (χ3v) is 6.84. The Balaban J connectivity index is 1.95. The van der Waals surface area contributed by atoms with Gasteiger partial charge in [0, 0.05) is 18.1 Å². The Kier molecular flexibility index (Phi) is 8.10. The Morgan fingerprint density at radius 3 is 2.48 bits per heavy atom. The summed E-state index contributed by atoms with van der Waals surface area (Å²) < 4.78 is 39.4. The maximum atomic E-state index is 13.6. The van der Waals surface area contributed by atoms with Gasteiger partial charge in [0.1, 0.15) is 11.9 Å². The third-order valence-electron chi connectivity index (χ3n) is 4.59. The Morgan fingerprint density at radius 1 is 1.17 bits per heavy atom. The van der Waals surface area contributed by atoms with Gasteiger partial charge in [-0.05, 0) is 55.7 Å². The maximum Gasteiger partial charge on any atom is 0.243 e. The van der Waals surface area contributed by atoms with Crippen molar-refractivity contribution < 1.29 is 17.6 Å². The summed E-state index contributed by atoms with van der Waals surface area (Å²) in [7, 11) is -3.64. The fourth-order valence-electron chi connectivity index (χ4n) is 2.86. The molecule has 0 bridgehead atoms.